The molecule has 1 aliphatic heterocycles. The molecule has 1 aromatic carbocycles. The summed E-state index contributed by atoms with van der Waals surface area (Å²) in [6.07, 6.45) is 1.97. The third-order valence-corrected chi connectivity index (χ3v) is 7.93. The first-order valence-electron chi connectivity index (χ1n) is 12.3. The summed E-state index contributed by atoms with van der Waals surface area (Å²) in [6.45, 7) is 1.61. The fourth-order valence-electron chi connectivity index (χ4n) is 4.71. The van der Waals surface area contributed by atoms with Gasteiger partial charge in [0.15, 0.2) is 0 Å². The number of carbonyl (C=O) groups is 2. The number of nitrogens with one attached hydrogen (secondary N) is 3. The molecule has 2 heterocycles. The summed E-state index contributed by atoms with van der Waals surface area (Å²) in [4.78, 5) is 26.1. The highest BCUT2D eigenvalue weighted by Crippen LogP contribution is 2.42. The van der Waals surface area contributed by atoms with Gasteiger partial charge in [0.2, 0.25) is 5.91 Å². The standard InChI is InChI=1S/C27H26ClF3N4O3S/c1-15-23(25(37)35-20-12-16(27(29,30)31)9-10-19(20)28)24(21-8-5-11-38-21)18(13-32)26(33-15)39-14-22(36)34-17-6-3-2-4-7-17/h5,8-12,17,24,33H,2-4,6-7,14H2,1H3,(H,34,36)(H,35,37)/t24-/m1/s1. The van der Waals surface area contributed by atoms with E-state index in [-0.39, 0.29) is 45.3 Å². The van der Waals surface area contributed by atoms with Gasteiger partial charge in [-0.25, -0.2) is 0 Å². The molecule has 1 fully saturated rings. The topological polar surface area (TPSA) is 107 Å². The number of furan rings is 1. The third-order valence-electron chi connectivity index (χ3n) is 6.58. The molecular formula is C27H26ClF3N4O3S. The van der Waals surface area contributed by atoms with Crippen LogP contribution in [0.5, 0.6) is 0 Å². The number of halogens is 4. The largest absolute Gasteiger partial charge is 0.468 e. The van der Waals surface area contributed by atoms with Crippen molar-refractivity contribution in [3.05, 3.63) is 74.8 Å². The van der Waals surface area contributed by atoms with Crippen molar-refractivity contribution < 1.29 is 27.2 Å². The molecule has 12 heteroatoms. The summed E-state index contributed by atoms with van der Waals surface area (Å²) in [5.74, 6) is -1.52. The lowest BCUT2D eigenvalue weighted by Gasteiger charge is -2.28. The number of thioether (sulfide) groups is 1. The zero-order valence-electron chi connectivity index (χ0n) is 21.0. The number of hydrogen-bond acceptors (Lipinski definition) is 6. The Labute approximate surface area is 232 Å². The summed E-state index contributed by atoms with van der Waals surface area (Å²) < 4.78 is 45.3. The SMILES string of the molecule is CC1=C(C(=O)Nc2cc(C(F)(F)F)ccc2Cl)[C@@H](c2ccco2)C(C#N)=C(SCC(=O)NC2CCCCC2)N1. The zero-order chi connectivity index (χ0) is 28.2. The molecule has 0 saturated heterocycles. The molecule has 1 saturated carbocycles. The van der Waals surface area contributed by atoms with Crippen LogP contribution < -0.4 is 16.0 Å². The quantitative estimate of drug-likeness (QED) is 0.348. The second-order valence-corrected chi connectivity index (χ2v) is 10.7. The summed E-state index contributed by atoms with van der Waals surface area (Å²) in [5, 5.41) is 18.9. The smallest absolute Gasteiger partial charge is 0.416 e. The van der Waals surface area contributed by atoms with E-state index in [4.69, 9.17) is 16.0 Å². The predicted octanol–water partition coefficient (Wildman–Crippen LogP) is 6.47. The van der Waals surface area contributed by atoms with E-state index in [1.54, 1.807) is 19.1 Å². The molecule has 39 heavy (non-hydrogen) atoms. The van der Waals surface area contributed by atoms with Crippen molar-refractivity contribution in [1.82, 2.24) is 10.6 Å². The number of anilines is 1. The van der Waals surface area contributed by atoms with E-state index >= 15 is 0 Å². The van der Waals surface area contributed by atoms with Crippen LogP contribution in [-0.2, 0) is 15.8 Å². The van der Waals surface area contributed by atoms with E-state index in [0.29, 0.717) is 10.7 Å². The van der Waals surface area contributed by atoms with Crippen LogP contribution in [0.3, 0.4) is 0 Å². The van der Waals surface area contributed by atoms with Gasteiger partial charge in [0.25, 0.3) is 5.91 Å². The number of alkyl halides is 3. The normalized spacial score (nSPS) is 18.4. The van der Waals surface area contributed by atoms with Gasteiger partial charge >= 0.3 is 6.18 Å². The minimum atomic E-state index is -4.63. The average Bonchev–Trinajstić information content (AvgIpc) is 3.43. The molecule has 2 amide bonds. The first-order chi connectivity index (χ1) is 18.6. The lowest BCUT2D eigenvalue weighted by atomic mass is 9.85. The fourth-order valence-corrected chi connectivity index (χ4v) is 5.78. The maximum Gasteiger partial charge on any atom is 0.416 e. The van der Waals surface area contributed by atoms with Gasteiger partial charge in [-0.15, -0.1) is 0 Å². The van der Waals surface area contributed by atoms with Crippen molar-refractivity contribution in [2.75, 3.05) is 11.1 Å². The van der Waals surface area contributed by atoms with Crippen LogP contribution >= 0.6 is 23.4 Å². The lowest BCUT2D eigenvalue weighted by Crippen LogP contribution is -2.37. The predicted molar refractivity (Wildman–Crippen MR) is 142 cm³/mol. The molecule has 1 aromatic heterocycles. The van der Waals surface area contributed by atoms with Crippen LogP contribution in [0.4, 0.5) is 18.9 Å². The third kappa shape index (κ3) is 6.81. The number of nitriles is 1. The van der Waals surface area contributed by atoms with E-state index in [0.717, 1.165) is 55.6 Å². The van der Waals surface area contributed by atoms with Crippen LogP contribution in [0.25, 0.3) is 0 Å². The van der Waals surface area contributed by atoms with E-state index in [1.165, 1.54) is 12.7 Å². The van der Waals surface area contributed by atoms with Crippen molar-refractivity contribution in [3.8, 4) is 6.07 Å². The van der Waals surface area contributed by atoms with Gasteiger partial charge in [-0.2, -0.15) is 18.4 Å². The van der Waals surface area contributed by atoms with Gasteiger partial charge in [0.1, 0.15) is 5.76 Å². The molecule has 0 spiro atoms. The zero-order valence-corrected chi connectivity index (χ0v) is 22.5. The number of rotatable bonds is 7. The fraction of sp³-hybridized carbons (Fsp3) is 0.370. The van der Waals surface area contributed by atoms with Gasteiger partial charge in [-0.05, 0) is 50.1 Å². The van der Waals surface area contributed by atoms with Crippen LogP contribution in [-0.4, -0.2) is 23.6 Å². The maximum absolute atomic E-state index is 13.5. The van der Waals surface area contributed by atoms with Crippen LogP contribution in [0, 0.1) is 11.3 Å². The molecule has 7 nitrogen and oxygen atoms in total. The molecule has 206 valence electrons. The molecule has 4 rings (SSSR count). The monoisotopic (exact) mass is 578 g/mol. The minimum absolute atomic E-state index is 0.0591. The van der Waals surface area contributed by atoms with Crippen LogP contribution in [0.2, 0.25) is 5.02 Å². The number of hydrogen-bond donors (Lipinski definition) is 3. The van der Waals surface area contributed by atoms with Gasteiger partial charge in [0.05, 0.1) is 56.5 Å². The second-order valence-electron chi connectivity index (χ2n) is 9.30. The van der Waals surface area contributed by atoms with E-state index in [2.05, 4.69) is 22.0 Å². The van der Waals surface area contributed by atoms with Gasteiger partial charge in [0, 0.05) is 11.7 Å². The maximum atomic E-state index is 13.5. The van der Waals surface area contributed by atoms with Gasteiger partial charge in [-0.3, -0.25) is 9.59 Å². The molecule has 2 aromatic rings. The Hall–Kier alpha value is -3.36. The number of nitrogens with zero attached hydrogens (tertiary/aromatic N) is 1. The summed E-state index contributed by atoms with van der Waals surface area (Å²) in [6, 6.07) is 8.10. The molecule has 1 atom stereocenters. The van der Waals surface area contributed by atoms with E-state index in [9.17, 15) is 28.0 Å². The summed E-state index contributed by atoms with van der Waals surface area (Å²) in [7, 11) is 0. The molecular weight excluding hydrogens is 553 g/mol. The first kappa shape index (κ1) is 28.6. The Kier molecular flexibility index (Phi) is 8.97. The first-order valence-corrected chi connectivity index (χ1v) is 13.7. The highest BCUT2D eigenvalue weighted by molar-refractivity contribution is 8.03. The number of allylic oxidation sites excluding steroid dienone is 2. The van der Waals surface area contributed by atoms with Crippen molar-refractivity contribution in [3.63, 3.8) is 0 Å². The molecule has 0 radical (unpaired) electrons. The Morgan fingerprint density at radius 2 is 1.97 bits per heavy atom. The van der Waals surface area contributed by atoms with E-state index < -0.39 is 23.6 Å². The van der Waals surface area contributed by atoms with E-state index in [1.807, 2.05) is 0 Å². The van der Waals surface area contributed by atoms with Crippen molar-refractivity contribution in [1.29, 1.82) is 5.26 Å². The summed E-state index contributed by atoms with van der Waals surface area (Å²) >= 11 is 7.22. The Balaban J connectivity index is 1.59. The molecule has 0 bridgehead atoms. The number of amides is 2. The number of benzene rings is 1. The Morgan fingerprint density at radius 3 is 2.62 bits per heavy atom. The second kappa shape index (κ2) is 12.2. The lowest BCUT2D eigenvalue weighted by molar-refractivity contribution is -0.137. The highest BCUT2D eigenvalue weighted by Gasteiger charge is 2.37. The summed E-state index contributed by atoms with van der Waals surface area (Å²) in [5.41, 5.74) is -0.624. The molecule has 2 aliphatic rings. The molecule has 0 unspecified atom stereocenters. The van der Waals surface area contributed by atoms with Crippen LogP contribution in [0.1, 0.15) is 56.3 Å². The number of dihydropyridines is 1. The number of carbonyl (C=O) groups excluding carboxylic acids is 2. The highest BCUT2D eigenvalue weighted by atomic mass is 35.5. The van der Waals surface area contributed by atoms with Crippen molar-refractivity contribution >= 4 is 40.9 Å². The van der Waals surface area contributed by atoms with Crippen LogP contribution in [0.15, 0.2) is 62.9 Å². The molecule has 1 aliphatic carbocycles. The average molecular weight is 579 g/mol. The van der Waals surface area contributed by atoms with Crippen molar-refractivity contribution in [2.45, 2.75) is 57.2 Å². The Morgan fingerprint density at radius 1 is 1.23 bits per heavy atom. The van der Waals surface area contributed by atoms with Crippen molar-refractivity contribution in [2.24, 2.45) is 0 Å². The minimum Gasteiger partial charge on any atom is -0.468 e. The molecule has 3 N–H and O–H groups in total. The van der Waals surface area contributed by atoms with Gasteiger partial charge < -0.3 is 20.4 Å². The Bertz CT molecular complexity index is 1340. The van der Waals surface area contributed by atoms with Gasteiger partial charge in [-0.1, -0.05) is 42.6 Å².